The molecule has 130 valence electrons. The fraction of sp³-hybridized carbons (Fsp3) is 0.444. The molecule has 0 fully saturated rings. The first-order valence-electron chi connectivity index (χ1n) is 7.80. The maximum Gasteiger partial charge on any atom is 0.253 e. The number of benzene rings is 1. The van der Waals surface area contributed by atoms with Crippen LogP contribution in [0.15, 0.2) is 24.3 Å². The van der Waals surface area contributed by atoms with Crippen molar-refractivity contribution >= 4 is 31.5 Å². The lowest BCUT2D eigenvalue weighted by molar-refractivity contribution is -0.119. The van der Waals surface area contributed by atoms with Gasteiger partial charge in [-0.25, -0.2) is 0 Å². The molecule has 0 bridgehead atoms. The molecular formula is C18H25ClN2O2Si. The quantitative estimate of drug-likeness (QED) is 0.635. The van der Waals surface area contributed by atoms with E-state index in [1.807, 2.05) is 0 Å². The molecule has 0 aliphatic rings. The molecule has 4 nitrogen and oxygen atoms in total. The van der Waals surface area contributed by atoms with Crippen LogP contribution < -0.4 is 11.1 Å². The Bertz CT molecular complexity index is 684. The zero-order valence-corrected chi connectivity index (χ0v) is 16.6. The van der Waals surface area contributed by atoms with Gasteiger partial charge < -0.3 is 11.1 Å². The SMILES string of the molecule is CC(C)(C)[Si](C)(C)C#CC[C@H](NC(=O)c1ccccc1Cl)C(N)=O. The molecule has 0 saturated heterocycles. The van der Waals surface area contributed by atoms with Gasteiger partial charge in [0.15, 0.2) is 0 Å². The summed E-state index contributed by atoms with van der Waals surface area (Å²) in [5.41, 5.74) is 9.01. The number of carbonyl (C=O) groups excluding carboxylic acids is 2. The van der Waals surface area contributed by atoms with E-state index in [1.165, 1.54) is 0 Å². The molecule has 0 spiro atoms. The number of rotatable bonds is 4. The largest absolute Gasteiger partial charge is 0.368 e. The van der Waals surface area contributed by atoms with Gasteiger partial charge in [-0.05, 0) is 17.2 Å². The van der Waals surface area contributed by atoms with Crippen molar-refractivity contribution in [3.63, 3.8) is 0 Å². The summed E-state index contributed by atoms with van der Waals surface area (Å²) in [5, 5.41) is 3.07. The topological polar surface area (TPSA) is 72.2 Å². The molecule has 2 amide bonds. The summed E-state index contributed by atoms with van der Waals surface area (Å²) in [6.45, 7) is 10.9. The van der Waals surface area contributed by atoms with Crippen molar-refractivity contribution in [2.45, 2.75) is 51.4 Å². The smallest absolute Gasteiger partial charge is 0.253 e. The minimum Gasteiger partial charge on any atom is -0.368 e. The van der Waals surface area contributed by atoms with Crippen molar-refractivity contribution in [2.75, 3.05) is 0 Å². The Hall–Kier alpha value is -1.77. The Morgan fingerprint density at radius 1 is 1.29 bits per heavy atom. The summed E-state index contributed by atoms with van der Waals surface area (Å²) < 4.78 is 0. The summed E-state index contributed by atoms with van der Waals surface area (Å²) in [7, 11) is -1.77. The lowest BCUT2D eigenvalue weighted by Crippen LogP contribution is -2.44. The molecule has 0 unspecified atom stereocenters. The second-order valence-corrected chi connectivity index (χ2v) is 12.7. The molecule has 0 aliphatic heterocycles. The molecule has 0 aromatic heterocycles. The summed E-state index contributed by atoms with van der Waals surface area (Å²) in [5.74, 6) is 2.01. The Morgan fingerprint density at radius 2 is 1.88 bits per heavy atom. The van der Waals surface area contributed by atoms with Gasteiger partial charge in [-0.1, -0.05) is 57.6 Å². The van der Waals surface area contributed by atoms with Crippen molar-refractivity contribution in [1.29, 1.82) is 0 Å². The molecule has 1 aromatic rings. The van der Waals surface area contributed by atoms with Crippen LogP contribution in [-0.4, -0.2) is 25.9 Å². The number of primary amides is 1. The van der Waals surface area contributed by atoms with Crippen molar-refractivity contribution < 1.29 is 9.59 Å². The Morgan fingerprint density at radius 3 is 2.38 bits per heavy atom. The molecule has 1 rings (SSSR count). The van der Waals surface area contributed by atoms with Gasteiger partial charge in [-0.15, -0.1) is 11.5 Å². The lowest BCUT2D eigenvalue weighted by atomic mass is 10.1. The first-order valence-corrected chi connectivity index (χ1v) is 11.2. The first-order chi connectivity index (χ1) is 11.0. The molecule has 0 heterocycles. The Kier molecular flexibility index (Phi) is 6.64. The molecule has 3 N–H and O–H groups in total. The van der Waals surface area contributed by atoms with Gasteiger partial charge in [-0.3, -0.25) is 9.59 Å². The first kappa shape index (κ1) is 20.3. The fourth-order valence-electron chi connectivity index (χ4n) is 1.67. The van der Waals surface area contributed by atoms with Crippen molar-refractivity contribution in [1.82, 2.24) is 5.32 Å². The number of carbonyl (C=O) groups is 2. The molecule has 0 saturated carbocycles. The second-order valence-electron chi connectivity index (χ2n) is 7.29. The monoisotopic (exact) mass is 364 g/mol. The third-order valence-electron chi connectivity index (χ3n) is 4.35. The van der Waals surface area contributed by atoms with E-state index in [9.17, 15) is 9.59 Å². The van der Waals surface area contributed by atoms with Crippen LogP contribution in [0.4, 0.5) is 0 Å². The molecular weight excluding hydrogens is 340 g/mol. The van der Waals surface area contributed by atoms with Gasteiger partial charge in [0.05, 0.1) is 10.6 Å². The zero-order valence-electron chi connectivity index (χ0n) is 14.9. The van der Waals surface area contributed by atoms with E-state index >= 15 is 0 Å². The standard InChI is InChI=1S/C18H25ClN2O2Si/c1-18(2,3)24(4,5)12-8-11-15(16(20)22)21-17(23)13-9-6-7-10-14(13)19/h6-7,9-10,15H,11H2,1-5H3,(H2,20,22)(H,21,23)/t15-/m0/s1. The van der Waals surface area contributed by atoms with Crippen molar-refractivity contribution in [3.8, 4) is 11.5 Å². The minimum atomic E-state index is -1.77. The highest BCUT2D eigenvalue weighted by molar-refractivity contribution is 6.87. The highest BCUT2D eigenvalue weighted by Gasteiger charge is 2.33. The summed E-state index contributed by atoms with van der Waals surface area (Å²) >= 11 is 6.00. The van der Waals surface area contributed by atoms with Crippen molar-refractivity contribution in [2.24, 2.45) is 5.73 Å². The number of hydrogen-bond donors (Lipinski definition) is 2. The molecule has 24 heavy (non-hydrogen) atoms. The van der Waals surface area contributed by atoms with Crippen LogP contribution in [0.25, 0.3) is 0 Å². The predicted molar refractivity (Wildman–Crippen MR) is 101 cm³/mol. The van der Waals surface area contributed by atoms with Gasteiger partial charge in [0.1, 0.15) is 14.1 Å². The molecule has 0 aliphatic carbocycles. The van der Waals surface area contributed by atoms with E-state index in [1.54, 1.807) is 24.3 Å². The Balaban J connectivity index is 2.86. The minimum absolute atomic E-state index is 0.128. The van der Waals surface area contributed by atoms with Crippen LogP contribution in [-0.2, 0) is 4.79 Å². The van der Waals surface area contributed by atoms with Crippen LogP contribution in [0.3, 0.4) is 0 Å². The van der Waals surface area contributed by atoms with Crippen LogP contribution in [0.2, 0.25) is 23.2 Å². The Labute approximate surface area is 150 Å². The normalized spacial score (nSPS) is 12.8. The van der Waals surface area contributed by atoms with E-state index in [0.29, 0.717) is 10.6 Å². The van der Waals surface area contributed by atoms with Crippen LogP contribution in [0.1, 0.15) is 37.6 Å². The lowest BCUT2D eigenvalue weighted by Gasteiger charge is -2.31. The predicted octanol–water partition coefficient (Wildman–Crippen LogP) is 3.36. The third-order valence-corrected chi connectivity index (χ3v) is 9.23. The number of nitrogens with two attached hydrogens (primary N) is 1. The van der Waals surface area contributed by atoms with Crippen LogP contribution in [0, 0.1) is 11.5 Å². The molecule has 1 atom stereocenters. The van der Waals surface area contributed by atoms with Gasteiger partial charge in [0, 0.05) is 6.42 Å². The maximum absolute atomic E-state index is 12.3. The van der Waals surface area contributed by atoms with E-state index in [-0.39, 0.29) is 11.5 Å². The second kappa shape index (κ2) is 7.87. The number of hydrogen-bond acceptors (Lipinski definition) is 2. The highest BCUT2D eigenvalue weighted by Crippen LogP contribution is 2.35. The van der Waals surface area contributed by atoms with E-state index in [2.05, 4.69) is 50.6 Å². The fourth-order valence-corrected chi connectivity index (χ4v) is 2.81. The summed E-state index contributed by atoms with van der Waals surface area (Å²) in [6, 6.07) is 5.81. The van der Waals surface area contributed by atoms with E-state index in [0.717, 1.165) is 0 Å². The van der Waals surface area contributed by atoms with Gasteiger partial charge in [-0.2, -0.15) is 0 Å². The number of amides is 2. The summed E-state index contributed by atoms with van der Waals surface area (Å²) in [4.78, 5) is 23.9. The van der Waals surface area contributed by atoms with E-state index < -0.39 is 25.9 Å². The van der Waals surface area contributed by atoms with Crippen LogP contribution in [0.5, 0.6) is 0 Å². The number of nitrogens with one attached hydrogen (secondary N) is 1. The van der Waals surface area contributed by atoms with Crippen molar-refractivity contribution in [3.05, 3.63) is 34.9 Å². The van der Waals surface area contributed by atoms with Gasteiger partial charge >= 0.3 is 0 Å². The maximum atomic E-state index is 12.3. The van der Waals surface area contributed by atoms with E-state index in [4.69, 9.17) is 17.3 Å². The summed E-state index contributed by atoms with van der Waals surface area (Å²) in [6.07, 6.45) is 0.192. The van der Waals surface area contributed by atoms with Gasteiger partial charge in [0.25, 0.3) is 5.91 Å². The zero-order chi connectivity index (χ0) is 18.5. The molecule has 0 radical (unpaired) electrons. The average Bonchev–Trinajstić information content (AvgIpc) is 2.45. The van der Waals surface area contributed by atoms with Gasteiger partial charge in [0.2, 0.25) is 5.91 Å². The molecule has 1 aromatic carbocycles. The molecule has 6 heteroatoms. The van der Waals surface area contributed by atoms with Crippen LogP contribution >= 0.6 is 11.6 Å². The number of halogens is 1. The average molecular weight is 365 g/mol. The highest BCUT2D eigenvalue weighted by atomic mass is 35.5. The third kappa shape index (κ3) is 5.40.